The zero-order valence-electron chi connectivity index (χ0n) is 10.0. The van der Waals surface area contributed by atoms with Gasteiger partial charge >= 0.3 is 0 Å². The Kier molecular flexibility index (Phi) is 2.29. The van der Waals surface area contributed by atoms with E-state index in [1.165, 1.54) is 11.1 Å². The van der Waals surface area contributed by atoms with Crippen LogP contribution in [-0.4, -0.2) is 17.9 Å². The average Bonchev–Trinajstić information content (AvgIpc) is 2.45. The lowest BCUT2D eigenvalue weighted by atomic mass is 9.51. The van der Waals surface area contributed by atoms with Gasteiger partial charge in [0.1, 0.15) is 5.75 Å². The first-order valence-electron chi connectivity index (χ1n) is 6.37. The third kappa shape index (κ3) is 1.15. The molecule has 0 saturated heterocycles. The lowest BCUT2D eigenvalue weighted by Crippen LogP contribution is -2.57. The smallest absolute Gasteiger partial charge is 0.122 e. The third-order valence-corrected chi connectivity index (χ3v) is 6.11. The van der Waals surface area contributed by atoms with Gasteiger partial charge in [0, 0.05) is 17.4 Å². The molecular formula is C15H14Cl2O. The summed E-state index contributed by atoms with van der Waals surface area (Å²) in [7, 11) is 1.74. The number of alkyl halides is 2. The Morgan fingerprint density at radius 3 is 2.39 bits per heavy atom. The number of benzene rings is 1. The molecular weight excluding hydrogens is 267 g/mol. The molecule has 0 aliphatic heterocycles. The molecule has 4 aliphatic carbocycles. The summed E-state index contributed by atoms with van der Waals surface area (Å²) in [6.45, 7) is 0. The van der Waals surface area contributed by atoms with Crippen molar-refractivity contribution in [3.8, 4) is 5.75 Å². The molecule has 94 valence electrons. The normalized spacial score (nSPS) is 43.1. The van der Waals surface area contributed by atoms with Crippen molar-refractivity contribution in [3.63, 3.8) is 0 Å². The highest BCUT2D eigenvalue weighted by Crippen LogP contribution is 2.64. The largest absolute Gasteiger partial charge is 0.496 e. The van der Waals surface area contributed by atoms with Crippen LogP contribution in [0.25, 0.3) is 0 Å². The maximum Gasteiger partial charge on any atom is 0.122 e. The van der Waals surface area contributed by atoms with Gasteiger partial charge in [0.05, 0.1) is 17.9 Å². The zero-order valence-corrected chi connectivity index (χ0v) is 11.5. The Hall–Kier alpha value is -0.660. The fraction of sp³-hybridized carbons (Fsp3) is 0.467. The monoisotopic (exact) mass is 280 g/mol. The van der Waals surface area contributed by atoms with Gasteiger partial charge in [-0.2, -0.15) is 0 Å². The lowest BCUT2D eigenvalue weighted by Gasteiger charge is -2.58. The Morgan fingerprint density at radius 2 is 1.67 bits per heavy atom. The van der Waals surface area contributed by atoms with Gasteiger partial charge in [-0.25, -0.2) is 0 Å². The quantitative estimate of drug-likeness (QED) is 0.560. The van der Waals surface area contributed by atoms with E-state index >= 15 is 0 Å². The van der Waals surface area contributed by atoms with Crippen molar-refractivity contribution in [2.45, 2.75) is 22.6 Å². The van der Waals surface area contributed by atoms with E-state index in [-0.39, 0.29) is 10.8 Å². The second-order valence-electron chi connectivity index (χ2n) is 5.44. The Morgan fingerprint density at radius 1 is 1.00 bits per heavy atom. The second-order valence-corrected chi connectivity index (χ2v) is 6.45. The molecule has 0 N–H and O–H groups in total. The van der Waals surface area contributed by atoms with Crippen molar-refractivity contribution < 1.29 is 4.74 Å². The summed E-state index contributed by atoms with van der Waals surface area (Å²) in [5.74, 6) is 2.77. The minimum Gasteiger partial charge on any atom is -0.496 e. The number of ether oxygens (including phenoxy) is 1. The molecule has 3 heteroatoms. The van der Waals surface area contributed by atoms with Gasteiger partial charge < -0.3 is 4.74 Å². The summed E-state index contributed by atoms with van der Waals surface area (Å²) in [4.78, 5) is 0. The van der Waals surface area contributed by atoms with Crippen LogP contribution in [-0.2, 0) is 0 Å². The highest BCUT2D eigenvalue weighted by Gasteiger charge is 2.59. The molecule has 1 saturated carbocycles. The first-order chi connectivity index (χ1) is 8.74. The Bertz CT molecular complexity index is 539. The van der Waals surface area contributed by atoms with E-state index in [0.717, 1.165) is 5.75 Å². The lowest BCUT2D eigenvalue weighted by molar-refractivity contribution is 0.128. The van der Waals surface area contributed by atoms with E-state index in [0.29, 0.717) is 23.7 Å². The molecule has 4 aliphatic rings. The molecule has 1 nitrogen and oxygen atoms in total. The molecule has 0 spiro atoms. The molecule has 0 heterocycles. The van der Waals surface area contributed by atoms with Gasteiger partial charge in [-0.05, 0) is 23.5 Å². The fourth-order valence-corrected chi connectivity index (χ4v) is 5.05. The SMILES string of the molecule is COc1cccc2c1[C@H]1C=C[C@H]2[C@@H]2[C@H](Cl)[C@@H](Cl)[C@@H]21. The van der Waals surface area contributed by atoms with Crippen LogP contribution in [0.3, 0.4) is 0 Å². The molecule has 0 radical (unpaired) electrons. The standard InChI is InChI=1S/C15H14Cl2O/c1-18-10-4-2-3-7-8-5-6-9(11(7)10)13-12(8)14(16)15(13)17/h2-6,8-9,12-15H,1H3/t8-,9-,12+,13-,14+,15+/m1/s1. The molecule has 2 bridgehead atoms. The second kappa shape index (κ2) is 3.68. The van der Waals surface area contributed by atoms with Gasteiger partial charge in [-0.1, -0.05) is 24.3 Å². The van der Waals surface area contributed by atoms with Crippen LogP contribution in [0.1, 0.15) is 23.0 Å². The zero-order chi connectivity index (χ0) is 12.4. The van der Waals surface area contributed by atoms with Crippen LogP contribution < -0.4 is 4.74 Å². The van der Waals surface area contributed by atoms with E-state index in [9.17, 15) is 0 Å². The van der Waals surface area contributed by atoms with Crippen LogP contribution in [0.5, 0.6) is 5.75 Å². The number of hydrogen-bond acceptors (Lipinski definition) is 1. The van der Waals surface area contributed by atoms with Crippen molar-refractivity contribution in [1.29, 1.82) is 0 Å². The summed E-state index contributed by atoms with van der Waals surface area (Å²) in [6.07, 6.45) is 4.61. The molecule has 5 rings (SSSR count). The molecule has 18 heavy (non-hydrogen) atoms. The first-order valence-corrected chi connectivity index (χ1v) is 7.24. The summed E-state index contributed by atoms with van der Waals surface area (Å²) in [5.41, 5.74) is 2.72. The van der Waals surface area contributed by atoms with Crippen molar-refractivity contribution in [1.82, 2.24) is 0 Å². The van der Waals surface area contributed by atoms with E-state index < -0.39 is 0 Å². The Labute approximate surface area is 117 Å². The number of halogens is 2. The van der Waals surface area contributed by atoms with Gasteiger partial charge in [0.2, 0.25) is 0 Å². The molecule has 1 aromatic rings. The molecule has 6 atom stereocenters. The van der Waals surface area contributed by atoms with Gasteiger partial charge in [0.25, 0.3) is 0 Å². The number of methoxy groups -OCH3 is 1. The van der Waals surface area contributed by atoms with Crippen molar-refractivity contribution in [2.75, 3.05) is 7.11 Å². The van der Waals surface area contributed by atoms with Crippen LogP contribution in [0, 0.1) is 11.8 Å². The molecule has 0 amide bonds. The fourth-order valence-electron chi connectivity index (χ4n) is 4.06. The number of rotatable bonds is 1. The molecule has 1 aromatic carbocycles. The summed E-state index contributed by atoms with van der Waals surface area (Å²) in [5, 5.41) is 0.195. The number of hydrogen-bond donors (Lipinski definition) is 0. The van der Waals surface area contributed by atoms with Crippen molar-refractivity contribution in [2.24, 2.45) is 11.8 Å². The molecule has 0 unspecified atom stereocenters. The van der Waals surface area contributed by atoms with Gasteiger partial charge in [-0.3, -0.25) is 0 Å². The van der Waals surface area contributed by atoms with E-state index in [1.807, 2.05) is 6.07 Å². The van der Waals surface area contributed by atoms with Gasteiger partial charge in [0.15, 0.2) is 0 Å². The average molecular weight is 281 g/mol. The maximum absolute atomic E-state index is 6.42. The van der Waals surface area contributed by atoms with Crippen molar-refractivity contribution >= 4 is 23.2 Å². The third-order valence-electron chi connectivity index (χ3n) is 4.85. The summed E-state index contributed by atoms with van der Waals surface area (Å²) in [6, 6.07) is 6.32. The van der Waals surface area contributed by atoms with Crippen LogP contribution >= 0.6 is 23.2 Å². The number of allylic oxidation sites excluding steroid dienone is 2. The summed E-state index contributed by atoms with van der Waals surface area (Å²) < 4.78 is 5.53. The predicted molar refractivity (Wildman–Crippen MR) is 73.9 cm³/mol. The van der Waals surface area contributed by atoms with Crippen LogP contribution in [0.2, 0.25) is 0 Å². The molecule has 0 aromatic heterocycles. The first kappa shape index (κ1) is 11.2. The van der Waals surface area contributed by atoms with Crippen molar-refractivity contribution in [3.05, 3.63) is 41.5 Å². The van der Waals surface area contributed by atoms with Crippen LogP contribution in [0.15, 0.2) is 30.4 Å². The van der Waals surface area contributed by atoms with E-state index in [1.54, 1.807) is 7.11 Å². The molecule has 1 fully saturated rings. The van der Waals surface area contributed by atoms with E-state index in [4.69, 9.17) is 27.9 Å². The highest BCUT2D eigenvalue weighted by atomic mass is 35.5. The van der Waals surface area contributed by atoms with Gasteiger partial charge in [-0.15, -0.1) is 23.2 Å². The van der Waals surface area contributed by atoms with Crippen LogP contribution in [0.4, 0.5) is 0 Å². The minimum atomic E-state index is 0.0900. The minimum absolute atomic E-state index is 0.0900. The topological polar surface area (TPSA) is 9.23 Å². The maximum atomic E-state index is 6.42. The van der Waals surface area contributed by atoms with E-state index in [2.05, 4.69) is 24.3 Å². The Balaban J connectivity index is 1.91. The predicted octanol–water partition coefficient (Wildman–Crippen LogP) is 3.91. The summed E-state index contributed by atoms with van der Waals surface area (Å²) >= 11 is 12.8. The highest BCUT2D eigenvalue weighted by molar-refractivity contribution is 6.31.